The number of fused-ring (bicyclic) bond motifs is 5. The number of carbonyl (C=O) groups excluding carboxylic acids is 9. The van der Waals surface area contributed by atoms with E-state index in [-0.39, 0.29) is 49.7 Å². The molecule has 1 aromatic carbocycles. The highest BCUT2D eigenvalue weighted by Crippen LogP contribution is 2.36. The fraction of sp³-hybridized carbons (Fsp3) is 0.596. The van der Waals surface area contributed by atoms with Crippen LogP contribution in [0.4, 0.5) is 0 Å². The van der Waals surface area contributed by atoms with E-state index >= 15 is 0 Å². The summed E-state index contributed by atoms with van der Waals surface area (Å²) < 4.78 is 5.49. The lowest BCUT2D eigenvalue weighted by molar-refractivity contribution is -0.145. The molecule has 6 amide bonds. The van der Waals surface area contributed by atoms with Gasteiger partial charge in [0.2, 0.25) is 35.4 Å². The third-order valence-electron chi connectivity index (χ3n) is 13.1. The van der Waals surface area contributed by atoms with Gasteiger partial charge in [0.1, 0.15) is 23.6 Å². The van der Waals surface area contributed by atoms with E-state index in [4.69, 9.17) is 4.74 Å². The molecule has 3 aliphatic rings. The zero-order valence-electron chi connectivity index (χ0n) is 38.7. The molecule has 1 aromatic heterocycles. The van der Waals surface area contributed by atoms with E-state index in [0.29, 0.717) is 40.1 Å². The molecule has 0 saturated carbocycles. The molecule has 2 bridgehead atoms. The number of ether oxygens (including phenoxy) is 1. The monoisotopic (exact) mass is 935 g/mol. The Morgan fingerprint density at radius 3 is 2.27 bits per heavy atom. The second-order valence-electron chi connectivity index (χ2n) is 18.1. The van der Waals surface area contributed by atoms with Gasteiger partial charge in [0.15, 0.2) is 11.6 Å². The van der Waals surface area contributed by atoms with E-state index in [0.717, 1.165) is 16.7 Å². The van der Waals surface area contributed by atoms with Crippen LogP contribution in [0.25, 0.3) is 10.9 Å². The van der Waals surface area contributed by atoms with Crippen molar-refractivity contribution in [2.75, 3.05) is 32.5 Å². The summed E-state index contributed by atoms with van der Waals surface area (Å²) in [4.78, 5) is 131. The third kappa shape index (κ3) is 12.9. The van der Waals surface area contributed by atoms with Gasteiger partial charge in [-0.3, -0.25) is 43.2 Å². The Balaban J connectivity index is 1.71. The standard InChI is InChI=1S/C47H65N7O11S/c1-8-10-11-29(55)14-28-17-37(57)35-23-66-46-33(32-13-12-31(65-7)19-34(32)51-46)15-27(43(61)48-21-40(60)52-41(25(5)9-2)45(63)49-20-39(59)50-35)16-38(58)42(26(6)24(3)4)53-44(62)36-18-30(56)22-54(36)47(28)64/h8,12-13,19,24-28,30,35-36,41-42,51,56H,1,9-11,14-18,20-23H2,2-7H3,(H,48,61)(H,49,63)(H,50,59)(H,52,60)(H,53,62)/t25-,26-,27+,28+,30+,35-,36?,41-,42+/m0/s1. The average Bonchev–Trinajstić information content (AvgIpc) is 3.85. The van der Waals surface area contributed by atoms with Crippen molar-refractivity contribution < 1.29 is 53.0 Å². The van der Waals surface area contributed by atoms with Gasteiger partial charge >= 0.3 is 0 Å². The number of H-pyrrole nitrogens is 1. The van der Waals surface area contributed by atoms with Crippen LogP contribution in [0.3, 0.4) is 0 Å². The molecule has 19 heteroatoms. The number of aromatic nitrogens is 1. The van der Waals surface area contributed by atoms with E-state index in [1.807, 2.05) is 20.8 Å². The molecule has 1 saturated heterocycles. The van der Waals surface area contributed by atoms with Crippen molar-refractivity contribution in [3.8, 4) is 5.75 Å². The number of hydrogen-bond acceptors (Lipinski definition) is 12. The highest BCUT2D eigenvalue weighted by atomic mass is 32.2. The summed E-state index contributed by atoms with van der Waals surface area (Å²) in [5.74, 6) is -8.73. The smallest absolute Gasteiger partial charge is 0.243 e. The van der Waals surface area contributed by atoms with Crippen molar-refractivity contribution in [1.29, 1.82) is 0 Å². The number of rotatable bonds is 10. The second-order valence-corrected chi connectivity index (χ2v) is 19.2. The molecule has 3 aliphatic heterocycles. The number of Topliss-reactive ketones (excluding diaryl/α,β-unsaturated/α-hetero) is 3. The molecule has 0 spiro atoms. The number of benzene rings is 1. The number of aromatic amines is 1. The Morgan fingerprint density at radius 1 is 0.909 bits per heavy atom. The summed E-state index contributed by atoms with van der Waals surface area (Å²) in [5.41, 5.74) is 1.19. The lowest BCUT2D eigenvalue weighted by atomic mass is 9.83. The van der Waals surface area contributed by atoms with Gasteiger partial charge in [0, 0.05) is 61.8 Å². The van der Waals surface area contributed by atoms with Gasteiger partial charge < -0.3 is 46.3 Å². The predicted octanol–water partition coefficient (Wildman–Crippen LogP) is 1.90. The van der Waals surface area contributed by atoms with Crippen LogP contribution in [0.1, 0.15) is 85.1 Å². The van der Waals surface area contributed by atoms with Crippen LogP contribution < -0.4 is 31.3 Å². The van der Waals surface area contributed by atoms with E-state index < -0.39 is 127 Å². The topological polar surface area (TPSA) is 262 Å². The van der Waals surface area contributed by atoms with Crippen molar-refractivity contribution >= 4 is 75.5 Å². The number of ketones is 3. The van der Waals surface area contributed by atoms with E-state index in [1.165, 1.54) is 7.11 Å². The van der Waals surface area contributed by atoms with Crippen LogP contribution in [0.5, 0.6) is 5.75 Å². The van der Waals surface area contributed by atoms with Crippen LogP contribution in [0, 0.1) is 29.6 Å². The molecule has 0 aliphatic carbocycles. The zero-order chi connectivity index (χ0) is 48.4. The first-order valence-electron chi connectivity index (χ1n) is 22.8. The lowest BCUT2D eigenvalue weighted by Crippen LogP contribution is -2.56. The minimum atomic E-state index is -1.31. The number of nitrogens with zero attached hydrogens (tertiary/aromatic N) is 1. The number of allylic oxidation sites excluding steroid dienone is 1. The second kappa shape index (κ2) is 23.3. The molecule has 9 atom stereocenters. The number of hydrogen-bond donors (Lipinski definition) is 7. The van der Waals surface area contributed by atoms with Gasteiger partial charge in [-0.25, -0.2) is 0 Å². The highest BCUT2D eigenvalue weighted by molar-refractivity contribution is 7.99. The molecule has 1 fully saturated rings. The third-order valence-corrected chi connectivity index (χ3v) is 14.2. The Hall–Kier alpha value is -5.56. The van der Waals surface area contributed by atoms with Crippen molar-refractivity contribution in [2.45, 2.75) is 121 Å². The Labute approximate surface area is 389 Å². The number of amides is 6. The van der Waals surface area contributed by atoms with Crippen LogP contribution >= 0.6 is 11.8 Å². The van der Waals surface area contributed by atoms with Crippen LogP contribution in [-0.2, 0) is 49.6 Å². The fourth-order valence-electron chi connectivity index (χ4n) is 8.63. The number of thioether (sulfide) groups is 1. The van der Waals surface area contributed by atoms with Crippen LogP contribution in [0.2, 0.25) is 0 Å². The highest BCUT2D eigenvalue weighted by Gasteiger charge is 2.44. The molecular formula is C47H65N7O11S. The predicted molar refractivity (Wildman–Crippen MR) is 246 cm³/mol. The summed E-state index contributed by atoms with van der Waals surface area (Å²) in [7, 11) is 1.51. The van der Waals surface area contributed by atoms with Gasteiger partial charge in [-0.1, -0.05) is 47.1 Å². The minimum absolute atomic E-state index is 0.0334. The van der Waals surface area contributed by atoms with Crippen LogP contribution in [0.15, 0.2) is 35.9 Å². The molecule has 5 rings (SSSR count). The maximum absolute atomic E-state index is 14.7. The molecule has 4 heterocycles. The largest absolute Gasteiger partial charge is 0.497 e. The molecule has 66 heavy (non-hydrogen) atoms. The Bertz CT molecular complexity index is 2190. The molecule has 7 N–H and O–H groups in total. The number of carbonyl (C=O) groups is 9. The SMILES string of the molecule is C=CCCC(=O)C[C@@H]1CC(=O)[C@@H]2CSc3[nH]c4cc(OC)ccc4c3C[C@H](CC(=O)[C@@H]([C@@H](C)C(C)C)NC(=O)C3C[C@@H](O)CN3C1=O)C(=O)NCC(=O)N[C@@H]([C@@H](C)CC)C(=O)NCC(=O)N2. The molecule has 360 valence electrons. The van der Waals surface area contributed by atoms with Crippen molar-refractivity contribution in [2.24, 2.45) is 29.6 Å². The van der Waals surface area contributed by atoms with Crippen molar-refractivity contribution in [3.05, 3.63) is 36.4 Å². The molecular weight excluding hydrogens is 871 g/mol. The summed E-state index contributed by atoms with van der Waals surface area (Å²) in [5, 5.41) is 25.5. The van der Waals surface area contributed by atoms with Crippen molar-refractivity contribution in [3.63, 3.8) is 0 Å². The number of methoxy groups -OCH3 is 1. The number of aliphatic hydroxyl groups excluding tert-OH is 1. The molecule has 2 aromatic rings. The van der Waals surface area contributed by atoms with Gasteiger partial charge in [0.05, 0.1) is 54.8 Å². The summed E-state index contributed by atoms with van der Waals surface area (Å²) >= 11 is 1.15. The summed E-state index contributed by atoms with van der Waals surface area (Å²) in [6, 6.07) is 0.428. The summed E-state index contributed by atoms with van der Waals surface area (Å²) in [6.45, 7) is 11.4. The molecule has 0 radical (unpaired) electrons. The Kier molecular flexibility index (Phi) is 18.1. The van der Waals surface area contributed by atoms with Crippen LogP contribution in [-0.4, -0.2) is 131 Å². The normalized spacial score (nSPS) is 26.6. The first-order chi connectivity index (χ1) is 31.3. The fourth-order valence-corrected chi connectivity index (χ4v) is 9.78. The van der Waals surface area contributed by atoms with Gasteiger partial charge in [-0.2, -0.15) is 0 Å². The van der Waals surface area contributed by atoms with E-state index in [9.17, 15) is 48.3 Å². The van der Waals surface area contributed by atoms with Gasteiger partial charge in [0.25, 0.3) is 0 Å². The number of aliphatic hydroxyl groups is 1. The Morgan fingerprint density at radius 2 is 1.61 bits per heavy atom. The first kappa shape index (κ1) is 51.4. The average molecular weight is 936 g/mol. The van der Waals surface area contributed by atoms with Crippen molar-refractivity contribution in [1.82, 2.24) is 36.5 Å². The molecule has 1 unspecified atom stereocenters. The minimum Gasteiger partial charge on any atom is -0.497 e. The maximum atomic E-state index is 14.7. The first-order valence-corrected chi connectivity index (χ1v) is 23.8. The maximum Gasteiger partial charge on any atom is 0.243 e. The molecule has 18 nitrogen and oxygen atoms in total. The zero-order valence-corrected chi connectivity index (χ0v) is 39.5. The summed E-state index contributed by atoms with van der Waals surface area (Å²) in [6.07, 6.45) is -0.329. The van der Waals surface area contributed by atoms with E-state index in [1.54, 1.807) is 38.1 Å². The van der Waals surface area contributed by atoms with E-state index in [2.05, 4.69) is 38.1 Å². The van der Waals surface area contributed by atoms with Gasteiger partial charge in [-0.15, -0.1) is 18.3 Å². The van der Waals surface area contributed by atoms with Gasteiger partial charge in [-0.05, 0) is 48.3 Å². The quantitative estimate of drug-likeness (QED) is 0.169. The lowest BCUT2D eigenvalue weighted by Gasteiger charge is -2.32. The number of nitrogens with one attached hydrogen (secondary N) is 6.